The third-order valence-corrected chi connectivity index (χ3v) is 8.21. The molecule has 1 saturated heterocycles. The van der Waals surface area contributed by atoms with Crippen LogP contribution in [-0.4, -0.2) is 75.2 Å². The van der Waals surface area contributed by atoms with Gasteiger partial charge in [0.05, 0.1) is 12.9 Å². The summed E-state index contributed by atoms with van der Waals surface area (Å²) < 4.78 is 67.0. The molecule has 0 aliphatic carbocycles. The van der Waals surface area contributed by atoms with Gasteiger partial charge >= 0.3 is 23.5 Å². The molecule has 6 atom stereocenters. The number of nitrogens with zero attached hydrogens (tertiary/aromatic N) is 3. The van der Waals surface area contributed by atoms with Crippen molar-refractivity contribution in [2.24, 2.45) is 5.73 Å². The minimum Gasteiger partial charge on any atom is -0.387 e. The number of hydrogen-bond donors (Lipinski definition) is 8. The van der Waals surface area contributed by atoms with Gasteiger partial charge in [-0.15, -0.1) is 0 Å². The van der Waals surface area contributed by atoms with Gasteiger partial charge in [0.2, 0.25) is 5.95 Å². The van der Waals surface area contributed by atoms with E-state index in [2.05, 4.69) is 28.1 Å². The summed E-state index contributed by atoms with van der Waals surface area (Å²) in [6, 6.07) is 0. The maximum Gasteiger partial charge on any atom is 0.490 e. The lowest BCUT2D eigenvalue weighted by Crippen LogP contribution is -2.51. The Morgan fingerprint density at radius 2 is 1.88 bits per heavy atom. The molecule has 34 heavy (non-hydrogen) atoms. The molecule has 192 valence electrons. The molecule has 2 aromatic heterocycles. The van der Waals surface area contributed by atoms with Crippen molar-refractivity contribution in [1.82, 2.24) is 19.5 Å². The molecule has 0 bridgehead atoms. The molecular weight excluding hydrogens is 536 g/mol. The van der Waals surface area contributed by atoms with Crippen LogP contribution < -0.4 is 17.0 Å². The largest absolute Gasteiger partial charge is 0.490 e. The van der Waals surface area contributed by atoms with Crippen molar-refractivity contribution in [3.05, 3.63) is 16.7 Å². The van der Waals surface area contributed by atoms with E-state index in [1.807, 2.05) is 0 Å². The molecule has 1 fully saturated rings. The number of nitrogen functional groups attached to an aromatic ring is 1. The van der Waals surface area contributed by atoms with E-state index in [4.69, 9.17) is 26.0 Å². The molecule has 6 unspecified atom stereocenters. The predicted molar refractivity (Wildman–Crippen MR) is 105 cm³/mol. The van der Waals surface area contributed by atoms with Crippen molar-refractivity contribution in [3.8, 4) is 0 Å². The highest BCUT2D eigenvalue weighted by atomic mass is 31.3. The van der Waals surface area contributed by atoms with Gasteiger partial charge in [-0.05, 0) is 0 Å². The number of alkyl halides is 1. The Hall–Kier alpha value is -1.63. The third kappa shape index (κ3) is 5.60. The zero-order valence-electron chi connectivity index (χ0n) is 16.4. The number of nitrogens with one attached hydrogen (secondary N) is 1. The van der Waals surface area contributed by atoms with Crippen LogP contribution in [0.15, 0.2) is 11.1 Å². The number of nitrogens with two attached hydrogens (primary N) is 2. The number of phosphoric ester groups is 1. The maximum atomic E-state index is 15.0. The minimum atomic E-state index is -5.82. The number of rotatable bonds is 9. The van der Waals surface area contributed by atoms with Crippen molar-refractivity contribution in [2.75, 3.05) is 18.9 Å². The number of imidazole rings is 1. The first-order valence-electron chi connectivity index (χ1n) is 8.70. The first-order valence-corrected chi connectivity index (χ1v) is 13.2. The third-order valence-electron chi connectivity index (χ3n) is 4.43. The van der Waals surface area contributed by atoms with Crippen LogP contribution in [0.1, 0.15) is 6.23 Å². The number of aliphatic hydroxyl groups excluding tert-OH is 1. The monoisotopic (exact) mass is 554 g/mol. The average Bonchev–Trinajstić information content (AvgIpc) is 3.18. The molecule has 0 amide bonds. The number of aliphatic hydroxyl groups is 1. The second-order valence-electron chi connectivity index (χ2n) is 6.81. The highest BCUT2D eigenvalue weighted by Crippen LogP contribution is 2.66. The van der Waals surface area contributed by atoms with Gasteiger partial charge in [-0.3, -0.25) is 18.9 Å². The van der Waals surface area contributed by atoms with Crippen LogP contribution in [0.5, 0.6) is 0 Å². The van der Waals surface area contributed by atoms with Crippen LogP contribution in [0.4, 0.5) is 10.3 Å². The summed E-state index contributed by atoms with van der Waals surface area (Å²) in [5.41, 5.74) is 7.51. The van der Waals surface area contributed by atoms with E-state index in [1.165, 1.54) is 0 Å². The van der Waals surface area contributed by atoms with Gasteiger partial charge in [0.1, 0.15) is 11.7 Å². The zero-order chi connectivity index (χ0) is 25.7. The van der Waals surface area contributed by atoms with Crippen LogP contribution in [0, 0.1) is 0 Å². The smallest absolute Gasteiger partial charge is 0.387 e. The fourth-order valence-electron chi connectivity index (χ4n) is 3.00. The molecule has 1 aliphatic rings. The fraction of sp³-hybridized carbons (Fsp3) is 0.545. The highest BCUT2D eigenvalue weighted by molar-refractivity contribution is 7.66. The quantitative estimate of drug-likeness (QED) is 0.155. The molecule has 0 saturated carbocycles. The van der Waals surface area contributed by atoms with Crippen molar-refractivity contribution >= 4 is 40.6 Å². The van der Waals surface area contributed by atoms with Gasteiger partial charge in [-0.2, -0.15) is 13.6 Å². The average molecular weight is 554 g/mol. The van der Waals surface area contributed by atoms with Gasteiger partial charge < -0.3 is 40.9 Å². The Bertz CT molecular complexity index is 1280. The van der Waals surface area contributed by atoms with Crippen LogP contribution in [0.25, 0.3) is 11.2 Å². The number of fused-ring (bicyclic) bond motifs is 1. The molecule has 0 radical (unpaired) electrons. The Morgan fingerprint density at radius 1 is 1.24 bits per heavy atom. The van der Waals surface area contributed by atoms with Gasteiger partial charge in [0.15, 0.2) is 23.6 Å². The number of aromatic amines is 1. The number of phosphoric acid groups is 3. The topological polar surface area (TPSA) is 305 Å². The van der Waals surface area contributed by atoms with E-state index >= 15 is 0 Å². The van der Waals surface area contributed by atoms with Crippen molar-refractivity contribution in [1.29, 1.82) is 0 Å². The summed E-state index contributed by atoms with van der Waals surface area (Å²) in [5, 5.41) is 10.4. The number of halogens is 1. The SMILES string of the molecule is NCC1(COP(=O)(O)OP(=O)(O)OP(=O)(O)O)OC(n2cnc3c(=O)[nH]c(N)nc32)C(F)C1O. The number of anilines is 1. The second kappa shape index (κ2) is 9.11. The minimum absolute atomic E-state index is 0.234. The first-order chi connectivity index (χ1) is 15.5. The number of hydrogen-bond acceptors (Lipinski definition) is 13. The van der Waals surface area contributed by atoms with E-state index in [9.17, 15) is 37.8 Å². The summed E-state index contributed by atoms with van der Waals surface area (Å²) in [5.74, 6) is -0.342. The van der Waals surface area contributed by atoms with E-state index in [1.54, 1.807) is 0 Å². The van der Waals surface area contributed by atoms with Gasteiger partial charge in [-0.25, -0.2) is 23.1 Å². The molecule has 2 aromatic rings. The van der Waals surface area contributed by atoms with Crippen LogP contribution in [0.2, 0.25) is 0 Å². The van der Waals surface area contributed by atoms with Crippen LogP contribution in [-0.2, 0) is 31.6 Å². The summed E-state index contributed by atoms with van der Waals surface area (Å²) >= 11 is 0. The molecule has 1 aliphatic heterocycles. The highest BCUT2D eigenvalue weighted by Gasteiger charge is 2.57. The molecule has 19 nitrogen and oxygen atoms in total. The lowest BCUT2D eigenvalue weighted by Gasteiger charge is -2.30. The summed E-state index contributed by atoms with van der Waals surface area (Å²) in [6.45, 7) is -1.97. The van der Waals surface area contributed by atoms with Gasteiger partial charge in [0, 0.05) is 6.54 Å². The Morgan fingerprint density at radius 3 is 2.47 bits per heavy atom. The Labute approximate surface area is 186 Å². The second-order valence-corrected chi connectivity index (χ2v) is 11.2. The number of ether oxygens (including phenoxy) is 1. The molecule has 3 heterocycles. The molecule has 0 spiro atoms. The van der Waals surface area contributed by atoms with Gasteiger partial charge in [0.25, 0.3) is 5.56 Å². The molecule has 10 N–H and O–H groups in total. The summed E-state index contributed by atoms with van der Waals surface area (Å²) in [4.78, 5) is 57.6. The van der Waals surface area contributed by atoms with E-state index in [0.29, 0.717) is 0 Å². The molecule has 0 aromatic carbocycles. The normalized spacial score (nSPS) is 29.2. The van der Waals surface area contributed by atoms with Gasteiger partial charge in [-0.1, -0.05) is 0 Å². The van der Waals surface area contributed by atoms with E-state index < -0.39 is 66.3 Å². The summed E-state index contributed by atoms with van der Waals surface area (Å²) in [6.07, 6.45) is -5.23. The standard InChI is InChI=1S/C11H18FN6O13P3/c12-4-6(19)11(1-13,2-28-33(24,25)31-34(26,27)30-32(21,22)23)29-9(4)18-3-15-5-7(18)16-10(14)17-8(5)20/h3-4,6,9,19H,1-2,13H2,(H,24,25)(H,26,27)(H2,21,22,23)(H3,14,16,17,20). The van der Waals surface area contributed by atoms with Crippen LogP contribution in [0.3, 0.4) is 0 Å². The molecule has 3 rings (SSSR count). The molecule has 23 heteroatoms. The Balaban J connectivity index is 1.83. The number of aromatic nitrogens is 4. The Kier molecular flexibility index (Phi) is 7.22. The van der Waals surface area contributed by atoms with Crippen molar-refractivity contribution in [3.63, 3.8) is 0 Å². The lowest BCUT2D eigenvalue weighted by molar-refractivity contribution is -0.118. The van der Waals surface area contributed by atoms with E-state index in [-0.39, 0.29) is 17.1 Å². The fourth-order valence-corrected chi connectivity index (χ4v) is 6.08. The lowest BCUT2D eigenvalue weighted by atomic mass is 9.97. The van der Waals surface area contributed by atoms with Crippen LogP contribution >= 0.6 is 23.5 Å². The zero-order valence-corrected chi connectivity index (χ0v) is 19.1. The molecular formula is C11H18FN6O13P3. The van der Waals surface area contributed by atoms with Crippen molar-refractivity contribution < 1.29 is 60.6 Å². The maximum absolute atomic E-state index is 15.0. The number of H-pyrrole nitrogens is 1. The van der Waals surface area contributed by atoms with E-state index in [0.717, 1.165) is 10.9 Å². The van der Waals surface area contributed by atoms with Crippen molar-refractivity contribution in [2.45, 2.75) is 24.1 Å². The first kappa shape index (κ1) is 27.0. The predicted octanol–water partition coefficient (Wildman–Crippen LogP) is -2.03. The summed E-state index contributed by atoms with van der Waals surface area (Å²) in [7, 11) is -17.1.